The molecule has 2 unspecified atom stereocenters. The monoisotopic (exact) mass is 407 g/mol. The fraction of sp³-hybridized carbons (Fsp3) is 0.276. The highest BCUT2D eigenvalue weighted by atomic mass is 15.2. The molecule has 2 heteroatoms. The van der Waals surface area contributed by atoms with E-state index in [0.717, 1.165) is 12.8 Å². The van der Waals surface area contributed by atoms with Crippen molar-refractivity contribution in [3.63, 3.8) is 0 Å². The molecule has 0 amide bonds. The third kappa shape index (κ3) is 2.42. The molecule has 2 atom stereocenters. The number of aromatic nitrogens is 2. The van der Waals surface area contributed by atoms with Crippen LogP contribution < -0.4 is 4.57 Å². The average Bonchev–Trinajstić information content (AvgIpc) is 3.15. The Labute approximate surface area is 185 Å². The molecular weight excluding hydrogens is 376 g/mol. The van der Waals surface area contributed by atoms with Crippen molar-refractivity contribution in [3.05, 3.63) is 96.6 Å². The van der Waals surface area contributed by atoms with Crippen LogP contribution in [0.3, 0.4) is 0 Å². The van der Waals surface area contributed by atoms with Gasteiger partial charge in [-0.05, 0) is 67.3 Å². The average molecular weight is 408 g/mol. The summed E-state index contributed by atoms with van der Waals surface area (Å²) in [6.45, 7) is 13.7. The van der Waals surface area contributed by atoms with E-state index in [1.165, 1.54) is 39.2 Å². The molecule has 0 fully saturated rings. The number of rotatable bonds is 4. The van der Waals surface area contributed by atoms with Crippen LogP contribution in [-0.4, -0.2) is 4.57 Å². The molecule has 0 saturated carbocycles. The molecule has 156 valence electrons. The van der Waals surface area contributed by atoms with Crippen molar-refractivity contribution in [2.75, 3.05) is 0 Å². The highest BCUT2D eigenvalue weighted by Crippen LogP contribution is 2.51. The van der Waals surface area contributed by atoms with E-state index in [2.05, 4.69) is 122 Å². The van der Waals surface area contributed by atoms with Gasteiger partial charge in [-0.3, -0.25) is 0 Å². The van der Waals surface area contributed by atoms with Crippen LogP contribution in [0.1, 0.15) is 44.7 Å². The molecule has 31 heavy (non-hydrogen) atoms. The lowest BCUT2D eigenvalue weighted by molar-refractivity contribution is -0.733. The molecule has 0 N–H and O–H groups in total. The second-order valence-corrected chi connectivity index (χ2v) is 9.04. The van der Waals surface area contributed by atoms with E-state index in [4.69, 9.17) is 0 Å². The summed E-state index contributed by atoms with van der Waals surface area (Å²) in [7, 11) is 0. The summed E-state index contributed by atoms with van der Waals surface area (Å²) >= 11 is 0. The number of imidazole rings is 1. The van der Waals surface area contributed by atoms with Crippen molar-refractivity contribution in [3.8, 4) is 17.1 Å². The van der Waals surface area contributed by atoms with Crippen LogP contribution in [0.25, 0.3) is 28.1 Å². The lowest BCUT2D eigenvalue weighted by Crippen LogP contribution is -2.68. The summed E-state index contributed by atoms with van der Waals surface area (Å²) in [5.41, 5.74) is 7.42. The summed E-state index contributed by atoms with van der Waals surface area (Å²) in [6.07, 6.45) is 4.24. The van der Waals surface area contributed by atoms with Gasteiger partial charge < -0.3 is 0 Å². The maximum Gasteiger partial charge on any atom is 0.296 e. The van der Waals surface area contributed by atoms with Crippen LogP contribution >= 0.6 is 0 Å². The van der Waals surface area contributed by atoms with Crippen molar-refractivity contribution < 1.29 is 4.57 Å². The van der Waals surface area contributed by atoms with Gasteiger partial charge in [-0.2, -0.15) is 4.57 Å². The van der Waals surface area contributed by atoms with Gasteiger partial charge in [0.1, 0.15) is 11.2 Å². The quantitative estimate of drug-likeness (QED) is 0.258. The molecule has 4 aromatic rings. The summed E-state index contributed by atoms with van der Waals surface area (Å²) in [4.78, 5) is 0. The number of nitrogens with zero attached hydrogens (tertiary/aromatic N) is 2. The minimum Gasteiger partial charge on any atom is -0.212 e. The minimum atomic E-state index is -0.225. The first-order valence-electron chi connectivity index (χ1n) is 11.4. The topological polar surface area (TPSA) is 8.81 Å². The molecule has 0 saturated heterocycles. The molecule has 1 aliphatic rings. The van der Waals surface area contributed by atoms with Gasteiger partial charge in [0.25, 0.3) is 5.82 Å². The van der Waals surface area contributed by atoms with Gasteiger partial charge in [0.15, 0.2) is 11.0 Å². The maximum absolute atomic E-state index is 4.42. The first kappa shape index (κ1) is 19.8. The second kappa shape index (κ2) is 6.95. The Hall–Kier alpha value is -3.13. The first-order chi connectivity index (χ1) is 15.0. The van der Waals surface area contributed by atoms with Crippen LogP contribution in [0, 0.1) is 6.92 Å². The van der Waals surface area contributed by atoms with Gasteiger partial charge in [0.2, 0.25) is 0 Å². The fourth-order valence-corrected chi connectivity index (χ4v) is 5.96. The first-order valence-corrected chi connectivity index (χ1v) is 11.4. The normalized spacial score (nSPS) is 22.2. The van der Waals surface area contributed by atoms with E-state index in [1.807, 2.05) is 0 Å². The highest BCUT2D eigenvalue weighted by Gasteiger charge is 2.57. The van der Waals surface area contributed by atoms with Crippen LogP contribution in [0.5, 0.6) is 0 Å². The lowest BCUT2D eigenvalue weighted by atomic mass is 9.60. The minimum absolute atomic E-state index is 0.0582. The SMILES string of the molecule is C=CC1(CC)[n+]2c(n(-c3ccccc3)c3ccc(C)cc32)-c2ccccc2C1(C)CC. The molecule has 3 aromatic carbocycles. The van der Waals surface area contributed by atoms with Crippen LogP contribution in [0.2, 0.25) is 0 Å². The van der Waals surface area contributed by atoms with Gasteiger partial charge in [-0.25, -0.2) is 4.57 Å². The number of fused-ring (bicyclic) bond motifs is 5. The van der Waals surface area contributed by atoms with Gasteiger partial charge in [-0.15, -0.1) is 0 Å². The predicted molar refractivity (Wildman–Crippen MR) is 130 cm³/mol. The van der Waals surface area contributed by atoms with E-state index < -0.39 is 0 Å². The molecule has 0 aliphatic carbocycles. The molecule has 1 aliphatic heterocycles. The largest absolute Gasteiger partial charge is 0.296 e. The highest BCUT2D eigenvalue weighted by molar-refractivity contribution is 5.81. The Bertz CT molecular complexity index is 1300. The van der Waals surface area contributed by atoms with E-state index in [0.29, 0.717) is 0 Å². The van der Waals surface area contributed by atoms with E-state index in [1.54, 1.807) is 0 Å². The third-order valence-electron chi connectivity index (χ3n) is 7.75. The van der Waals surface area contributed by atoms with Crippen molar-refractivity contribution in [1.82, 2.24) is 4.57 Å². The van der Waals surface area contributed by atoms with Crippen molar-refractivity contribution >= 4 is 11.0 Å². The summed E-state index contributed by atoms with van der Waals surface area (Å²) in [6, 6.07) is 26.6. The third-order valence-corrected chi connectivity index (χ3v) is 7.75. The molecule has 2 nitrogen and oxygen atoms in total. The number of hydrogen-bond acceptors (Lipinski definition) is 0. The zero-order chi connectivity index (χ0) is 21.8. The molecule has 0 spiro atoms. The van der Waals surface area contributed by atoms with Crippen molar-refractivity contribution in [2.45, 2.75) is 51.5 Å². The van der Waals surface area contributed by atoms with Crippen LogP contribution in [0.4, 0.5) is 0 Å². The zero-order valence-corrected chi connectivity index (χ0v) is 19.0. The summed E-state index contributed by atoms with van der Waals surface area (Å²) in [5, 5.41) is 0. The number of allylic oxidation sites excluding steroid dienone is 1. The number of hydrogen-bond donors (Lipinski definition) is 0. The molecule has 5 rings (SSSR count). The van der Waals surface area contributed by atoms with Gasteiger partial charge in [0, 0.05) is 5.41 Å². The summed E-state index contributed by atoms with van der Waals surface area (Å²) in [5.74, 6) is 1.25. The van der Waals surface area contributed by atoms with Crippen LogP contribution in [0.15, 0.2) is 85.5 Å². The molecule has 1 aromatic heterocycles. The van der Waals surface area contributed by atoms with Crippen molar-refractivity contribution in [2.24, 2.45) is 0 Å². The van der Waals surface area contributed by atoms with Gasteiger partial charge >= 0.3 is 0 Å². The summed E-state index contributed by atoms with van der Waals surface area (Å²) < 4.78 is 5.04. The molecular formula is C29H31N2+. The Balaban J connectivity index is 2.07. The second-order valence-electron chi connectivity index (χ2n) is 9.04. The molecule has 0 bridgehead atoms. The van der Waals surface area contributed by atoms with E-state index >= 15 is 0 Å². The van der Waals surface area contributed by atoms with Gasteiger partial charge in [-0.1, -0.05) is 69.8 Å². The Morgan fingerprint density at radius 2 is 1.65 bits per heavy atom. The number of benzene rings is 3. The van der Waals surface area contributed by atoms with Crippen molar-refractivity contribution in [1.29, 1.82) is 0 Å². The standard InChI is InChI=1S/C29H31N2/c1-6-28(5)24-17-13-12-16-23(24)27-30(22-14-10-9-11-15-22)25-19-18-21(4)20-26(25)31(27)29(28,7-2)8-3/h7,9-20H,2,6,8H2,1,3-5H3/q+1. The van der Waals surface area contributed by atoms with E-state index in [-0.39, 0.29) is 11.0 Å². The molecule has 0 radical (unpaired) electrons. The lowest BCUT2D eigenvalue weighted by Gasteiger charge is -2.48. The number of aryl methyl sites for hydroxylation is 1. The van der Waals surface area contributed by atoms with E-state index in [9.17, 15) is 0 Å². The molecule has 2 heterocycles. The Morgan fingerprint density at radius 1 is 0.935 bits per heavy atom. The zero-order valence-electron chi connectivity index (χ0n) is 19.0. The predicted octanol–water partition coefficient (Wildman–Crippen LogP) is 6.87. The number of para-hydroxylation sites is 1. The Kier molecular flexibility index (Phi) is 4.44. The Morgan fingerprint density at radius 3 is 2.32 bits per heavy atom. The fourth-order valence-electron chi connectivity index (χ4n) is 5.96. The van der Waals surface area contributed by atoms with Crippen LogP contribution in [-0.2, 0) is 11.0 Å². The van der Waals surface area contributed by atoms with Gasteiger partial charge in [0.05, 0.1) is 5.56 Å². The maximum atomic E-state index is 4.42. The smallest absolute Gasteiger partial charge is 0.212 e.